The predicted molar refractivity (Wildman–Crippen MR) is 140 cm³/mol. The van der Waals surface area contributed by atoms with Crippen LogP contribution in [0.1, 0.15) is 38.1 Å². The number of hydrogen-bond acceptors (Lipinski definition) is 8. The molecule has 2 aromatic carbocycles. The highest BCUT2D eigenvalue weighted by Crippen LogP contribution is 2.34. The van der Waals surface area contributed by atoms with Crippen LogP contribution in [0.5, 0.6) is 11.5 Å². The zero-order valence-electron chi connectivity index (χ0n) is 20.6. The van der Waals surface area contributed by atoms with Crippen LogP contribution in [0.4, 0.5) is 5.82 Å². The molecule has 192 valence electrons. The summed E-state index contributed by atoms with van der Waals surface area (Å²) in [7, 11) is 0. The molecular weight excluding hydrogens is 470 g/mol. The molecule has 4 aromatic rings. The van der Waals surface area contributed by atoms with Gasteiger partial charge < -0.3 is 15.4 Å². The van der Waals surface area contributed by atoms with Crippen molar-refractivity contribution in [2.24, 2.45) is 0 Å². The number of piperidine rings is 1. The fourth-order valence-corrected chi connectivity index (χ4v) is 4.87. The van der Waals surface area contributed by atoms with Gasteiger partial charge in [-0.15, -0.1) is 0 Å². The zero-order valence-corrected chi connectivity index (χ0v) is 20.6. The van der Waals surface area contributed by atoms with Gasteiger partial charge in [-0.25, -0.2) is 20.1 Å². The molecule has 2 aromatic heterocycles. The summed E-state index contributed by atoms with van der Waals surface area (Å²) in [6.45, 7) is 2.74. The summed E-state index contributed by atoms with van der Waals surface area (Å²) in [5.74, 6) is 1.58. The number of carbonyl (C=O) groups is 1. The molecule has 0 bridgehead atoms. The van der Waals surface area contributed by atoms with Crippen molar-refractivity contribution in [2.75, 3.05) is 25.4 Å². The summed E-state index contributed by atoms with van der Waals surface area (Å²) in [6.07, 6.45) is 5.47. The number of aromatic nitrogens is 4. The third kappa shape index (κ3) is 5.71. The molecule has 0 radical (unpaired) electrons. The molecule has 10 nitrogen and oxygen atoms in total. The minimum Gasteiger partial charge on any atom is -0.457 e. The normalized spacial score (nSPS) is 16.1. The fourth-order valence-electron chi connectivity index (χ4n) is 4.87. The summed E-state index contributed by atoms with van der Waals surface area (Å²) >= 11 is 0. The van der Waals surface area contributed by atoms with E-state index in [0.29, 0.717) is 12.2 Å². The van der Waals surface area contributed by atoms with Gasteiger partial charge in [0.15, 0.2) is 5.65 Å². The Morgan fingerprint density at radius 3 is 2.65 bits per heavy atom. The lowest BCUT2D eigenvalue weighted by Gasteiger charge is -2.32. The van der Waals surface area contributed by atoms with Crippen LogP contribution in [0.3, 0.4) is 0 Å². The molecule has 0 saturated carbocycles. The first-order valence-corrected chi connectivity index (χ1v) is 12.6. The van der Waals surface area contributed by atoms with E-state index in [0.717, 1.165) is 79.1 Å². The van der Waals surface area contributed by atoms with Crippen LogP contribution < -0.4 is 16.0 Å². The fraction of sp³-hybridized carbons (Fsp3) is 0.333. The largest absolute Gasteiger partial charge is 0.457 e. The number of benzene rings is 2. The van der Waals surface area contributed by atoms with Gasteiger partial charge in [-0.05, 0) is 75.2 Å². The van der Waals surface area contributed by atoms with Gasteiger partial charge in [0.05, 0.1) is 11.4 Å². The Hall–Kier alpha value is -4.02. The molecular formula is C27H31N7O3. The number of ether oxygens (including phenoxy) is 1. The molecule has 1 amide bonds. The number of para-hydroxylation sites is 1. The van der Waals surface area contributed by atoms with E-state index in [9.17, 15) is 4.79 Å². The number of nitrogens with zero attached hydrogens (tertiary/aromatic N) is 5. The van der Waals surface area contributed by atoms with Crippen molar-refractivity contribution in [3.05, 3.63) is 60.9 Å². The Kier molecular flexibility index (Phi) is 7.57. The average Bonchev–Trinajstić information content (AvgIpc) is 3.33. The lowest BCUT2D eigenvalue weighted by molar-refractivity contribution is -0.129. The number of carbonyl (C=O) groups excluding carboxylic acids is 1. The molecule has 0 spiro atoms. The monoisotopic (exact) mass is 501 g/mol. The van der Waals surface area contributed by atoms with Gasteiger partial charge in [-0.2, -0.15) is 5.10 Å². The molecule has 5 rings (SSSR count). The Bertz CT molecular complexity index is 1340. The first-order valence-electron chi connectivity index (χ1n) is 12.6. The number of rotatable bonds is 9. The van der Waals surface area contributed by atoms with Crippen molar-refractivity contribution in [3.63, 3.8) is 0 Å². The molecule has 1 saturated heterocycles. The summed E-state index contributed by atoms with van der Waals surface area (Å²) in [6, 6.07) is 17.6. The van der Waals surface area contributed by atoms with Crippen LogP contribution >= 0.6 is 0 Å². The van der Waals surface area contributed by atoms with Crippen molar-refractivity contribution in [1.82, 2.24) is 30.1 Å². The van der Waals surface area contributed by atoms with Gasteiger partial charge in [-0.1, -0.05) is 18.2 Å². The molecule has 1 aliphatic rings. The van der Waals surface area contributed by atoms with Crippen molar-refractivity contribution in [3.8, 4) is 22.8 Å². The summed E-state index contributed by atoms with van der Waals surface area (Å²) < 4.78 is 7.94. The van der Waals surface area contributed by atoms with Crippen molar-refractivity contribution < 1.29 is 14.7 Å². The number of nitrogens with one attached hydrogen (secondary N) is 1. The van der Waals surface area contributed by atoms with Gasteiger partial charge in [0.25, 0.3) is 0 Å². The minimum absolute atomic E-state index is 0.153. The summed E-state index contributed by atoms with van der Waals surface area (Å²) in [5, 5.41) is 14.4. The van der Waals surface area contributed by atoms with Gasteiger partial charge in [0, 0.05) is 18.5 Å². The topological polar surface area (TPSA) is 131 Å². The smallest absolute Gasteiger partial charge is 0.243 e. The zero-order chi connectivity index (χ0) is 25.6. The number of anilines is 1. The summed E-state index contributed by atoms with van der Waals surface area (Å²) in [5.41, 5.74) is 10.4. The Labute approximate surface area is 215 Å². The first-order chi connectivity index (χ1) is 18.1. The van der Waals surface area contributed by atoms with Gasteiger partial charge >= 0.3 is 0 Å². The number of amides is 1. The average molecular weight is 502 g/mol. The Morgan fingerprint density at radius 2 is 1.86 bits per heavy atom. The second-order valence-corrected chi connectivity index (χ2v) is 9.28. The standard InChI is InChI=1S/C27H31N7O3/c28-26-24-25(19-11-13-22(14-12-19)37-21-8-2-1-3-9-21)31-34(27(24)30-18-29-26)20-7-6-16-33(17-20)15-5-4-10-23(35)32-36/h1-3,8-9,11-14,18,20,36H,4-7,10,15-17H2,(H,32,35)(H2,28,29,30). The number of nitrogens with two attached hydrogens (primary N) is 1. The second-order valence-electron chi connectivity index (χ2n) is 9.28. The molecule has 37 heavy (non-hydrogen) atoms. The molecule has 1 aliphatic heterocycles. The van der Waals surface area contributed by atoms with E-state index in [2.05, 4.69) is 14.9 Å². The van der Waals surface area contributed by atoms with Crippen molar-refractivity contribution >= 4 is 22.8 Å². The molecule has 3 heterocycles. The third-order valence-corrected chi connectivity index (χ3v) is 6.70. The maximum atomic E-state index is 11.3. The lowest BCUT2D eigenvalue weighted by atomic mass is 10.1. The number of likely N-dealkylation sites (tertiary alicyclic amines) is 1. The van der Waals surface area contributed by atoms with E-state index in [-0.39, 0.29) is 11.9 Å². The molecule has 1 atom stereocenters. The maximum Gasteiger partial charge on any atom is 0.243 e. The van der Waals surface area contributed by atoms with Gasteiger partial charge in [0.2, 0.25) is 5.91 Å². The van der Waals surface area contributed by atoms with Crippen LogP contribution in [-0.4, -0.2) is 55.4 Å². The quantitative estimate of drug-likeness (QED) is 0.177. The third-order valence-electron chi connectivity index (χ3n) is 6.70. The SMILES string of the molecule is Nc1ncnc2c1c(-c1ccc(Oc3ccccc3)cc1)nn2C1CCCN(CCCCC(=O)NO)C1. The number of unbranched alkanes of at least 4 members (excludes halogenated alkanes) is 1. The van der Waals surface area contributed by atoms with Gasteiger partial charge in [-0.3, -0.25) is 10.0 Å². The highest BCUT2D eigenvalue weighted by molar-refractivity contribution is 5.98. The highest BCUT2D eigenvalue weighted by Gasteiger charge is 2.26. The number of fused-ring (bicyclic) bond motifs is 1. The van der Waals surface area contributed by atoms with E-state index in [4.69, 9.17) is 20.8 Å². The van der Waals surface area contributed by atoms with E-state index >= 15 is 0 Å². The minimum atomic E-state index is -0.344. The van der Waals surface area contributed by atoms with E-state index in [1.54, 1.807) is 5.48 Å². The van der Waals surface area contributed by atoms with Crippen molar-refractivity contribution in [2.45, 2.75) is 38.1 Å². The molecule has 1 fully saturated rings. The first kappa shape index (κ1) is 24.7. The van der Waals surface area contributed by atoms with Crippen molar-refractivity contribution in [1.29, 1.82) is 0 Å². The van der Waals surface area contributed by atoms with E-state index in [1.165, 1.54) is 6.33 Å². The van der Waals surface area contributed by atoms with Gasteiger partial charge in [0.1, 0.15) is 29.3 Å². The van der Waals surface area contributed by atoms with Crippen LogP contribution in [0.25, 0.3) is 22.3 Å². The number of nitrogen functional groups attached to an aromatic ring is 1. The Balaban J connectivity index is 1.35. The van der Waals surface area contributed by atoms with Crippen LogP contribution in [-0.2, 0) is 4.79 Å². The van der Waals surface area contributed by atoms with Crippen LogP contribution in [0.15, 0.2) is 60.9 Å². The number of hydroxylamine groups is 1. The Morgan fingerprint density at radius 1 is 1.08 bits per heavy atom. The molecule has 1 unspecified atom stereocenters. The van der Waals surface area contributed by atoms with Crippen LogP contribution in [0.2, 0.25) is 0 Å². The molecule has 0 aliphatic carbocycles. The van der Waals surface area contributed by atoms with Crippen LogP contribution in [0, 0.1) is 0 Å². The summed E-state index contributed by atoms with van der Waals surface area (Å²) in [4.78, 5) is 22.5. The molecule has 10 heteroatoms. The predicted octanol–water partition coefficient (Wildman–Crippen LogP) is 4.18. The maximum absolute atomic E-state index is 11.3. The van der Waals surface area contributed by atoms with E-state index < -0.39 is 0 Å². The molecule has 4 N–H and O–H groups in total. The second kappa shape index (κ2) is 11.4. The highest BCUT2D eigenvalue weighted by atomic mass is 16.5. The van der Waals surface area contributed by atoms with E-state index in [1.807, 2.05) is 59.3 Å². The number of hydrogen-bond donors (Lipinski definition) is 3. The lowest BCUT2D eigenvalue weighted by Crippen LogP contribution is -2.37.